The number of hydrogen-bond acceptors (Lipinski definition) is 5. The zero-order valence-electron chi connectivity index (χ0n) is 13.5. The van der Waals surface area contributed by atoms with E-state index in [1.165, 1.54) is 0 Å². The lowest BCUT2D eigenvalue weighted by Gasteiger charge is -2.10. The fraction of sp³-hybridized carbons (Fsp3) is 0.167. The molecule has 6 heteroatoms. The predicted molar refractivity (Wildman–Crippen MR) is 93.9 cm³/mol. The highest BCUT2D eigenvalue weighted by Crippen LogP contribution is 2.25. The van der Waals surface area contributed by atoms with Crippen LogP contribution in [-0.4, -0.2) is 26.7 Å². The Balaban J connectivity index is 1.88. The van der Waals surface area contributed by atoms with Gasteiger partial charge in [-0.15, -0.1) is 10.2 Å². The fourth-order valence-corrected chi connectivity index (χ4v) is 2.77. The summed E-state index contributed by atoms with van der Waals surface area (Å²) in [5, 5.41) is 12.0. The van der Waals surface area contributed by atoms with Crippen molar-refractivity contribution in [2.45, 2.75) is 13.3 Å². The van der Waals surface area contributed by atoms with E-state index in [1.54, 1.807) is 7.11 Å². The number of nitrogens with zero attached hydrogens (tertiary/aromatic N) is 4. The van der Waals surface area contributed by atoms with Crippen molar-refractivity contribution >= 4 is 28.2 Å². The molecule has 0 saturated carbocycles. The number of anilines is 2. The molecule has 4 rings (SSSR count). The average Bonchev–Trinajstić information content (AvgIpc) is 3.07. The first-order valence-corrected chi connectivity index (χ1v) is 7.84. The predicted octanol–water partition coefficient (Wildman–Crippen LogP) is 3.59. The number of methoxy groups -OCH3 is 1. The van der Waals surface area contributed by atoms with E-state index in [0.717, 1.165) is 40.4 Å². The summed E-state index contributed by atoms with van der Waals surface area (Å²) in [6.07, 6.45) is 0.803. The average molecular weight is 319 g/mol. The van der Waals surface area contributed by atoms with Crippen molar-refractivity contribution in [2.75, 3.05) is 12.4 Å². The van der Waals surface area contributed by atoms with Gasteiger partial charge in [0.15, 0.2) is 5.82 Å². The fourth-order valence-electron chi connectivity index (χ4n) is 2.77. The minimum Gasteiger partial charge on any atom is -0.497 e. The lowest BCUT2D eigenvalue weighted by atomic mass is 10.2. The first-order chi connectivity index (χ1) is 11.8. The van der Waals surface area contributed by atoms with E-state index in [2.05, 4.69) is 26.8 Å². The third-order valence-corrected chi connectivity index (χ3v) is 3.97. The van der Waals surface area contributed by atoms with Gasteiger partial charge in [0.05, 0.1) is 18.1 Å². The third-order valence-electron chi connectivity index (χ3n) is 3.97. The molecule has 24 heavy (non-hydrogen) atoms. The molecule has 0 atom stereocenters. The second kappa shape index (κ2) is 5.81. The van der Waals surface area contributed by atoms with Gasteiger partial charge in [-0.2, -0.15) is 0 Å². The molecule has 0 amide bonds. The maximum Gasteiger partial charge on any atom is 0.204 e. The Kier molecular flexibility index (Phi) is 3.49. The molecule has 6 nitrogen and oxygen atoms in total. The lowest BCUT2D eigenvalue weighted by molar-refractivity contribution is 0.415. The topological polar surface area (TPSA) is 64.3 Å². The Labute approximate surface area is 139 Å². The van der Waals surface area contributed by atoms with E-state index < -0.39 is 0 Å². The van der Waals surface area contributed by atoms with E-state index in [-0.39, 0.29) is 0 Å². The second-order valence-electron chi connectivity index (χ2n) is 5.43. The molecule has 2 heterocycles. The number of aryl methyl sites for hydroxylation is 1. The molecule has 0 bridgehead atoms. The van der Waals surface area contributed by atoms with Gasteiger partial charge in [0.25, 0.3) is 0 Å². The van der Waals surface area contributed by atoms with Gasteiger partial charge in [-0.05, 0) is 36.4 Å². The van der Waals surface area contributed by atoms with E-state index >= 15 is 0 Å². The zero-order valence-corrected chi connectivity index (χ0v) is 13.5. The summed E-state index contributed by atoms with van der Waals surface area (Å²) in [6.45, 7) is 2.07. The third kappa shape index (κ3) is 2.32. The second-order valence-corrected chi connectivity index (χ2v) is 5.43. The molecule has 2 aromatic carbocycles. The van der Waals surface area contributed by atoms with Crippen LogP contribution in [0.15, 0.2) is 48.5 Å². The zero-order chi connectivity index (χ0) is 16.5. The van der Waals surface area contributed by atoms with Crippen molar-refractivity contribution in [1.29, 1.82) is 0 Å². The quantitative estimate of drug-likeness (QED) is 0.623. The number of benzene rings is 2. The minimum atomic E-state index is 0.686. The van der Waals surface area contributed by atoms with Crippen LogP contribution in [0.3, 0.4) is 0 Å². The van der Waals surface area contributed by atoms with Gasteiger partial charge in [-0.3, -0.25) is 4.40 Å². The molecule has 0 saturated heterocycles. The maximum atomic E-state index is 5.20. The van der Waals surface area contributed by atoms with Crippen molar-refractivity contribution in [3.63, 3.8) is 0 Å². The molecule has 0 fully saturated rings. The van der Waals surface area contributed by atoms with Crippen LogP contribution in [-0.2, 0) is 6.42 Å². The first kappa shape index (κ1) is 14.4. The van der Waals surface area contributed by atoms with Crippen molar-refractivity contribution in [2.24, 2.45) is 0 Å². The van der Waals surface area contributed by atoms with Gasteiger partial charge in [0.2, 0.25) is 5.65 Å². The van der Waals surface area contributed by atoms with Crippen LogP contribution in [0.5, 0.6) is 5.75 Å². The monoisotopic (exact) mass is 319 g/mol. The Morgan fingerprint density at radius 3 is 2.58 bits per heavy atom. The molecule has 0 spiro atoms. The largest absolute Gasteiger partial charge is 0.497 e. The number of aromatic nitrogens is 4. The standard InChI is InChI=1S/C18H17N5O/c1-3-16-21-22-18-17(19-12-8-10-13(24-2)11-9-12)20-14-6-4-5-7-15(14)23(16)18/h4-11H,3H2,1-2H3,(H,19,20). The molecule has 0 aliphatic rings. The van der Waals surface area contributed by atoms with Gasteiger partial charge in [-0.1, -0.05) is 19.1 Å². The van der Waals surface area contributed by atoms with Gasteiger partial charge in [-0.25, -0.2) is 4.98 Å². The van der Waals surface area contributed by atoms with E-state index in [0.29, 0.717) is 5.82 Å². The molecule has 4 aromatic rings. The molecule has 0 unspecified atom stereocenters. The summed E-state index contributed by atoms with van der Waals surface area (Å²) >= 11 is 0. The first-order valence-electron chi connectivity index (χ1n) is 7.84. The number of nitrogens with one attached hydrogen (secondary N) is 1. The number of para-hydroxylation sites is 2. The van der Waals surface area contributed by atoms with Crippen LogP contribution < -0.4 is 10.1 Å². The van der Waals surface area contributed by atoms with Gasteiger partial charge in [0.1, 0.15) is 11.6 Å². The lowest BCUT2D eigenvalue weighted by Crippen LogP contribution is -2.02. The minimum absolute atomic E-state index is 0.686. The van der Waals surface area contributed by atoms with Crippen molar-refractivity contribution in [1.82, 2.24) is 19.6 Å². The molecule has 0 aliphatic heterocycles. The molecule has 0 aliphatic carbocycles. The van der Waals surface area contributed by atoms with E-state index in [4.69, 9.17) is 9.72 Å². The summed E-state index contributed by atoms with van der Waals surface area (Å²) in [5.74, 6) is 2.42. The molecular weight excluding hydrogens is 302 g/mol. The van der Waals surface area contributed by atoms with E-state index in [9.17, 15) is 0 Å². The number of hydrogen-bond donors (Lipinski definition) is 1. The molecule has 0 radical (unpaired) electrons. The van der Waals surface area contributed by atoms with Crippen molar-refractivity contribution < 1.29 is 4.74 Å². The van der Waals surface area contributed by atoms with Crippen molar-refractivity contribution in [3.05, 3.63) is 54.4 Å². The Morgan fingerprint density at radius 1 is 1.04 bits per heavy atom. The summed E-state index contributed by atoms with van der Waals surface area (Å²) in [6, 6.07) is 15.7. The van der Waals surface area contributed by atoms with Crippen LogP contribution in [0.25, 0.3) is 16.7 Å². The molecule has 2 aromatic heterocycles. The van der Waals surface area contributed by atoms with Crippen LogP contribution in [0.1, 0.15) is 12.7 Å². The van der Waals surface area contributed by atoms with Crippen LogP contribution >= 0.6 is 0 Å². The van der Waals surface area contributed by atoms with Gasteiger partial charge < -0.3 is 10.1 Å². The Morgan fingerprint density at radius 2 is 1.83 bits per heavy atom. The highest BCUT2D eigenvalue weighted by molar-refractivity contribution is 5.84. The Bertz CT molecular complexity index is 1010. The van der Waals surface area contributed by atoms with Gasteiger partial charge in [0, 0.05) is 12.1 Å². The van der Waals surface area contributed by atoms with Crippen LogP contribution in [0.2, 0.25) is 0 Å². The normalized spacial score (nSPS) is 11.1. The number of ether oxygens (including phenoxy) is 1. The maximum absolute atomic E-state index is 5.20. The molecule has 1 N–H and O–H groups in total. The van der Waals surface area contributed by atoms with Crippen LogP contribution in [0.4, 0.5) is 11.5 Å². The summed E-state index contributed by atoms with van der Waals surface area (Å²) in [4.78, 5) is 4.72. The summed E-state index contributed by atoms with van der Waals surface area (Å²) in [5.41, 5.74) is 3.55. The van der Waals surface area contributed by atoms with E-state index in [1.807, 2.05) is 48.5 Å². The Hall–Kier alpha value is -3.15. The summed E-state index contributed by atoms with van der Waals surface area (Å²) in [7, 11) is 1.65. The van der Waals surface area contributed by atoms with Crippen molar-refractivity contribution in [3.8, 4) is 5.75 Å². The van der Waals surface area contributed by atoms with Gasteiger partial charge >= 0.3 is 0 Å². The molecule has 120 valence electrons. The number of fused-ring (bicyclic) bond motifs is 3. The smallest absolute Gasteiger partial charge is 0.204 e. The highest BCUT2D eigenvalue weighted by Gasteiger charge is 2.14. The molecular formula is C18H17N5O. The summed E-state index contributed by atoms with van der Waals surface area (Å²) < 4.78 is 7.26. The highest BCUT2D eigenvalue weighted by atomic mass is 16.5. The SMILES string of the molecule is CCc1nnc2c(Nc3ccc(OC)cc3)nc3ccccc3n12. The van der Waals surface area contributed by atoms with Crippen LogP contribution in [0, 0.1) is 0 Å². The number of rotatable bonds is 4.